The van der Waals surface area contributed by atoms with Gasteiger partial charge in [0, 0.05) is 25.0 Å². The zero-order chi connectivity index (χ0) is 18.2. The van der Waals surface area contributed by atoms with E-state index in [9.17, 15) is 18.0 Å². The second kappa shape index (κ2) is 6.59. The Morgan fingerprint density at radius 1 is 1.16 bits per heavy atom. The van der Waals surface area contributed by atoms with Crippen molar-refractivity contribution < 1.29 is 13.2 Å². The molecular formula is C17H21N3O4S. The summed E-state index contributed by atoms with van der Waals surface area (Å²) in [5.74, 6) is -0.206. The molecule has 0 radical (unpaired) electrons. The number of carbonyl (C=O) groups excluding carboxylic acids is 1. The van der Waals surface area contributed by atoms with Gasteiger partial charge in [0.05, 0.1) is 16.9 Å². The number of sulfone groups is 1. The third-order valence-electron chi connectivity index (χ3n) is 4.24. The summed E-state index contributed by atoms with van der Waals surface area (Å²) < 4.78 is 24.5. The van der Waals surface area contributed by atoms with Crippen LogP contribution in [0.4, 0.5) is 0 Å². The van der Waals surface area contributed by atoms with Gasteiger partial charge in [-0.05, 0) is 12.0 Å². The van der Waals surface area contributed by atoms with E-state index in [1.807, 2.05) is 13.8 Å². The van der Waals surface area contributed by atoms with Crippen molar-refractivity contribution in [2.45, 2.75) is 20.4 Å². The van der Waals surface area contributed by atoms with Gasteiger partial charge in [-0.3, -0.25) is 9.59 Å². The summed E-state index contributed by atoms with van der Waals surface area (Å²) >= 11 is 0. The van der Waals surface area contributed by atoms with Crippen LogP contribution < -0.4 is 5.56 Å². The van der Waals surface area contributed by atoms with E-state index >= 15 is 0 Å². The molecule has 3 rings (SSSR count). The fourth-order valence-corrected chi connectivity index (χ4v) is 4.13. The first kappa shape index (κ1) is 17.6. The Kier molecular flexibility index (Phi) is 4.64. The molecule has 8 heteroatoms. The highest BCUT2D eigenvalue weighted by Gasteiger charge is 2.28. The van der Waals surface area contributed by atoms with Crippen molar-refractivity contribution in [1.29, 1.82) is 0 Å². The lowest BCUT2D eigenvalue weighted by Crippen LogP contribution is -2.44. The van der Waals surface area contributed by atoms with Crippen LogP contribution >= 0.6 is 0 Å². The molecule has 2 heterocycles. The Balaban J connectivity index is 2.07. The minimum atomic E-state index is -3.07. The molecule has 25 heavy (non-hydrogen) atoms. The number of nitrogens with zero attached hydrogens (tertiary/aromatic N) is 3. The first-order valence-electron chi connectivity index (χ1n) is 8.28. The zero-order valence-corrected chi connectivity index (χ0v) is 15.1. The molecular weight excluding hydrogens is 342 g/mol. The first-order valence-corrected chi connectivity index (χ1v) is 10.1. The van der Waals surface area contributed by atoms with Gasteiger partial charge in [-0.2, -0.15) is 5.10 Å². The number of carbonyl (C=O) groups is 1. The molecule has 0 atom stereocenters. The molecule has 0 bridgehead atoms. The molecule has 2 aromatic rings. The fourth-order valence-electron chi connectivity index (χ4n) is 2.93. The minimum absolute atomic E-state index is 0.0394. The molecule has 0 unspecified atom stereocenters. The Hall–Kier alpha value is -2.22. The van der Waals surface area contributed by atoms with Crippen LogP contribution in [0.1, 0.15) is 24.3 Å². The summed E-state index contributed by atoms with van der Waals surface area (Å²) in [6, 6.07) is 6.91. The lowest BCUT2D eigenvalue weighted by Gasteiger charge is -2.27. The highest BCUT2D eigenvalue weighted by molar-refractivity contribution is 7.91. The lowest BCUT2D eigenvalue weighted by molar-refractivity contribution is 0.0763. The number of rotatable bonds is 3. The monoisotopic (exact) mass is 363 g/mol. The van der Waals surface area contributed by atoms with Crippen LogP contribution in [0.2, 0.25) is 0 Å². The van der Waals surface area contributed by atoms with Crippen molar-refractivity contribution in [2.24, 2.45) is 5.92 Å². The van der Waals surface area contributed by atoms with E-state index in [4.69, 9.17) is 0 Å². The maximum absolute atomic E-state index is 12.9. The van der Waals surface area contributed by atoms with Crippen molar-refractivity contribution in [3.63, 3.8) is 0 Å². The van der Waals surface area contributed by atoms with Gasteiger partial charge in [-0.25, -0.2) is 13.1 Å². The minimum Gasteiger partial charge on any atom is -0.335 e. The van der Waals surface area contributed by atoms with Crippen LogP contribution in [-0.4, -0.2) is 53.6 Å². The molecule has 0 saturated carbocycles. The van der Waals surface area contributed by atoms with Gasteiger partial charge in [0.25, 0.3) is 11.5 Å². The quantitative estimate of drug-likeness (QED) is 0.809. The van der Waals surface area contributed by atoms with Crippen molar-refractivity contribution >= 4 is 26.5 Å². The third-order valence-corrected chi connectivity index (χ3v) is 5.85. The molecule has 134 valence electrons. The third kappa shape index (κ3) is 3.58. The normalized spacial score (nSPS) is 17.2. The highest BCUT2D eigenvalue weighted by Crippen LogP contribution is 2.17. The van der Waals surface area contributed by atoms with Crippen molar-refractivity contribution in [2.75, 3.05) is 24.6 Å². The molecule has 1 saturated heterocycles. The van der Waals surface area contributed by atoms with E-state index in [0.29, 0.717) is 17.3 Å². The SMILES string of the molecule is CC(C)Cn1nc(C(=O)N2CCS(=O)(=O)CC2)c2ccccc2c1=O. The largest absolute Gasteiger partial charge is 0.335 e. The van der Waals surface area contributed by atoms with Gasteiger partial charge in [0.2, 0.25) is 0 Å². The van der Waals surface area contributed by atoms with Crippen molar-refractivity contribution in [1.82, 2.24) is 14.7 Å². The number of amides is 1. The van der Waals surface area contributed by atoms with Gasteiger partial charge in [-0.1, -0.05) is 32.0 Å². The molecule has 0 spiro atoms. The maximum Gasteiger partial charge on any atom is 0.275 e. The fraction of sp³-hybridized carbons (Fsp3) is 0.471. The predicted octanol–water partition coefficient (Wildman–Crippen LogP) is 0.923. The summed E-state index contributed by atoms with van der Waals surface area (Å²) in [5, 5.41) is 5.27. The van der Waals surface area contributed by atoms with E-state index in [-0.39, 0.29) is 47.7 Å². The van der Waals surface area contributed by atoms with E-state index in [2.05, 4.69) is 5.10 Å². The number of hydrogen-bond acceptors (Lipinski definition) is 5. The molecule has 1 fully saturated rings. The first-order chi connectivity index (χ1) is 11.8. The number of benzene rings is 1. The van der Waals surface area contributed by atoms with E-state index in [1.54, 1.807) is 24.3 Å². The molecule has 1 aromatic heterocycles. The summed E-state index contributed by atoms with van der Waals surface area (Å²) in [7, 11) is -3.07. The summed E-state index contributed by atoms with van der Waals surface area (Å²) in [5.41, 5.74) is -0.0165. The molecule has 1 aliphatic rings. The Morgan fingerprint density at radius 3 is 2.36 bits per heavy atom. The molecule has 7 nitrogen and oxygen atoms in total. The number of fused-ring (bicyclic) bond motifs is 1. The molecule has 1 amide bonds. The Labute approximate surface area is 146 Å². The van der Waals surface area contributed by atoms with Crippen LogP contribution in [0, 0.1) is 5.92 Å². The predicted molar refractivity (Wildman–Crippen MR) is 95.4 cm³/mol. The zero-order valence-electron chi connectivity index (χ0n) is 14.3. The average molecular weight is 363 g/mol. The molecule has 1 aliphatic heterocycles. The number of hydrogen-bond donors (Lipinski definition) is 0. The van der Waals surface area contributed by atoms with E-state index in [1.165, 1.54) is 9.58 Å². The van der Waals surface area contributed by atoms with E-state index in [0.717, 1.165) is 0 Å². The lowest BCUT2D eigenvalue weighted by atomic mass is 10.1. The summed E-state index contributed by atoms with van der Waals surface area (Å²) in [6.45, 7) is 4.67. The highest BCUT2D eigenvalue weighted by atomic mass is 32.2. The van der Waals surface area contributed by atoms with Gasteiger partial charge in [-0.15, -0.1) is 0 Å². The number of aromatic nitrogens is 2. The summed E-state index contributed by atoms with van der Waals surface area (Å²) in [6.07, 6.45) is 0. The second-order valence-corrected chi connectivity index (χ2v) is 9.02. The van der Waals surface area contributed by atoms with E-state index < -0.39 is 9.84 Å². The molecule has 1 aromatic carbocycles. The van der Waals surface area contributed by atoms with Gasteiger partial charge < -0.3 is 4.90 Å². The topological polar surface area (TPSA) is 89.3 Å². The second-order valence-electron chi connectivity index (χ2n) is 6.72. The van der Waals surface area contributed by atoms with Crippen LogP contribution in [0.15, 0.2) is 29.1 Å². The van der Waals surface area contributed by atoms with Crippen molar-refractivity contribution in [3.8, 4) is 0 Å². The van der Waals surface area contributed by atoms with Gasteiger partial charge in [0.1, 0.15) is 0 Å². The molecule has 0 N–H and O–H groups in total. The van der Waals surface area contributed by atoms with Crippen LogP contribution in [-0.2, 0) is 16.4 Å². The van der Waals surface area contributed by atoms with Gasteiger partial charge >= 0.3 is 0 Å². The smallest absolute Gasteiger partial charge is 0.275 e. The van der Waals surface area contributed by atoms with Crippen molar-refractivity contribution in [3.05, 3.63) is 40.3 Å². The van der Waals surface area contributed by atoms with Crippen LogP contribution in [0.3, 0.4) is 0 Å². The molecule has 0 aliphatic carbocycles. The maximum atomic E-state index is 12.9. The Morgan fingerprint density at radius 2 is 1.76 bits per heavy atom. The van der Waals surface area contributed by atoms with Crippen LogP contribution in [0.25, 0.3) is 10.8 Å². The van der Waals surface area contributed by atoms with Gasteiger partial charge in [0.15, 0.2) is 15.5 Å². The summed E-state index contributed by atoms with van der Waals surface area (Å²) in [4.78, 5) is 27.0. The Bertz CT molecular complexity index is 965. The van der Waals surface area contributed by atoms with Crippen LogP contribution in [0.5, 0.6) is 0 Å². The standard InChI is InChI=1S/C17H21N3O4S/c1-12(2)11-20-16(21)14-6-4-3-5-13(14)15(18-20)17(22)19-7-9-25(23,24)10-8-19/h3-6,12H,7-11H2,1-2H3. The average Bonchev–Trinajstić information content (AvgIpc) is 2.56.